The molecule has 0 saturated heterocycles. The van der Waals surface area contributed by atoms with Crippen LogP contribution in [0.15, 0.2) is 24.3 Å². The molecule has 2 amide bonds. The molecule has 0 bridgehead atoms. The number of hydrogen-bond donors (Lipinski definition) is 3. The van der Waals surface area contributed by atoms with Crippen LogP contribution >= 0.6 is 0 Å². The van der Waals surface area contributed by atoms with Gasteiger partial charge in [-0.05, 0) is 30.5 Å². The summed E-state index contributed by atoms with van der Waals surface area (Å²) in [7, 11) is 0. The van der Waals surface area contributed by atoms with E-state index in [1.165, 1.54) is 6.42 Å². The van der Waals surface area contributed by atoms with Crippen molar-refractivity contribution in [2.75, 3.05) is 0 Å². The zero-order valence-electron chi connectivity index (χ0n) is 12.2. The van der Waals surface area contributed by atoms with Gasteiger partial charge in [-0.3, -0.25) is 9.59 Å². The Morgan fingerprint density at radius 1 is 1.19 bits per heavy atom. The molecule has 114 valence electrons. The van der Waals surface area contributed by atoms with Gasteiger partial charge in [-0.15, -0.1) is 0 Å². The third kappa shape index (κ3) is 4.56. The van der Waals surface area contributed by atoms with Gasteiger partial charge in [-0.1, -0.05) is 31.4 Å². The second-order valence-electron chi connectivity index (χ2n) is 5.94. The molecule has 1 aromatic rings. The van der Waals surface area contributed by atoms with Gasteiger partial charge in [0.2, 0.25) is 11.8 Å². The minimum atomic E-state index is -0.466. The summed E-state index contributed by atoms with van der Waals surface area (Å²) >= 11 is 0. The van der Waals surface area contributed by atoms with Gasteiger partial charge in [0.1, 0.15) is 0 Å². The molecule has 1 aliphatic carbocycles. The number of carbonyl (C=O) groups excluding carboxylic acids is 2. The molecule has 1 fully saturated rings. The SMILES string of the molecule is NC(=O)c1cccc(CNC(=O)CC2(N)CCCCC2)c1. The highest BCUT2D eigenvalue weighted by atomic mass is 16.2. The van der Waals surface area contributed by atoms with E-state index in [1.54, 1.807) is 18.2 Å². The lowest BCUT2D eigenvalue weighted by molar-refractivity contribution is -0.122. The molecule has 5 nitrogen and oxygen atoms in total. The Labute approximate surface area is 125 Å². The zero-order chi connectivity index (χ0) is 15.3. The highest BCUT2D eigenvalue weighted by Crippen LogP contribution is 2.28. The number of benzene rings is 1. The van der Waals surface area contributed by atoms with Crippen molar-refractivity contribution in [1.29, 1.82) is 0 Å². The maximum Gasteiger partial charge on any atom is 0.248 e. The molecule has 0 aromatic heterocycles. The average molecular weight is 289 g/mol. The van der Waals surface area contributed by atoms with E-state index in [0.717, 1.165) is 31.2 Å². The molecule has 0 aliphatic heterocycles. The van der Waals surface area contributed by atoms with E-state index in [0.29, 0.717) is 18.5 Å². The topological polar surface area (TPSA) is 98.2 Å². The molecule has 1 aliphatic rings. The lowest BCUT2D eigenvalue weighted by Crippen LogP contribution is -2.45. The number of hydrogen-bond acceptors (Lipinski definition) is 3. The van der Waals surface area contributed by atoms with E-state index < -0.39 is 5.91 Å². The largest absolute Gasteiger partial charge is 0.366 e. The standard InChI is InChI=1S/C16H23N3O2/c17-15(21)13-6-4-5-12(9-13)11-19-14(20)10-16(18)7-2-1-3-8-16/h4-6,9H,1-3,7-8,10-11,18H2,(H2,17,21)(H,19,20). The van der Waals surface area contributed by atoms with Crippen LogP contribution in [-0.2, 0) is 11.3 Å². The highest BCUT2D eigenvalue weighted by molar-refractivity contribution is 5.92. The summed E-state index contributed by atoms with van der Waals surface area (Å²) in [6.45, 7) is 0.385. The lowest BCUT2D eigenvalue weighted by atomic mass is 9.80. The van der Waals surface area contributed by atoms with Crippen molar-refractivity contribution in [2.45, 2.75) is 50.6 Å². The fraction of sp³-hybridized carbons (Fsp3) is 0.500. The number of nitrogens with two attached hydrogens (primary N) is 2. The first kappa shape index (κ1) is 15.5. The van der Waals surface area contributed by atoms with Crippen molar-refractivity contribution in [1.82, 2.24) is 5.32 Å². The second-order valence-corrected chi connectivity index (χ2v) is 5.94. The Balaban J connectivity index is 1.86. The van der Waals surface area contributed by atoms with E-state index in [4.69, 9.17) is 11.5 Å². The highest BCUT2D eigenvalue weighted by Gasteiger charge is 2.29. The Kier molecular flexibility index (Phi) is 4.96. The van der Waals surface area contributed by atoms with Crippen LogP contribution in [-0.4, -0.2) is 17.4 Å². The quantitative estimate of drug-likeness (QED) is 0.765. The molecule has 5 heteroatoms. The number of carbonyl (C=O) groups is 2. The van der Waals surface area contributed by atoms with Gasteiger partial charge in [-0.25, -0.2) is 0 Å². The molecule has 0 radical (unpaired) electrons. The minimum absolute atomic E-state index is 0.0381. The molecule has 2 rings (SSSR count). The summed E-state index contributed by atoms with van der Waals surface area (Å²) < 4.78 is 0. The molecular formula is C16H23N3O2. The normalized spacial score (nSPS) is 17.2. The van der Waals surface area contributed by atoms with Crippen LogP contribution in [0.5, 0.6) is 0 Å². The van der Waals surface area contributed by atoms with Crippen LogP contribution in [0.1, 0.15) is 54.4 Å². The smallest absolute Gasteiger partial charge is 0.248 e. The van der Waals surface area contributed by atoms with Crippen LogP contribution in [0.4, 0.5) is 0 Å². The van der Waals surface area contributed by atoms with Crippen molar-refractivity contribution >= 4 is 11.8 Å². The number of rotatable bonds is 5. The van der Waals surface area contributed by atoms with Gasteiger partial charge in [0, 0.05) is 24.1 Å². The molecule has 0 heterocycles. The van der Waals surface area contributed by atoms with Crippen molar-refractivity contribution in [3.8, 4) is 0 Å². The third-order valence-electron chi connectivity index (χ3n) is 4.06. The van der Waals surface area contributed by atoms with Gasteiger partial charge < -0.3 is 16.8 Å². The molecule has 0 unspecified atom stereocenters. The predicted octanol–water partition coefficient (Wildman–Crippen LogP) is 1.45. The van der Waals surface area contributed by atoms with E-state index in [9.17, 15) is 9.59 Å². The fourth-order valence-corrected chi connectivity index (χ4v) is 2.85. The summed E-state index contributed by atoms with van der Waals surface area (Å²) in [5, 5.41) is 2.87. The number of amides is 2. The van der Waals surface area contributed by atoms with Crippen LogP contribution in [0, 0.1) is 0 Å². The molecule has 1 saturated carbocycles. The van der Waals surface area contributed by atoms with Crippen molar-refractivity contribution < 1.29 is 9.59 Å². The van der Waals surface area contributed by atoms with Crippen molar-refractivity contribution in [2.24, 2.45) is 11.5 Å². The summed E-state index contributed by atoms with van der Waals surface area (Å²) in [6.07, 6.45) is 5.60. The van der Waals surface area contributed by atoms with E-state index in [-0.39, 0.29) is 11.4 Å². The Bertz CT molecular complexity index is 522. The van der Waals surface area contributed by atoms with Gasteiger partial charge in [0.05, 0.1) is 0 Å². The average Bonchev–Trinajstić information content (AvgIpc) is 2.46. The summed E-state index contributed by atoms with van der Waals surface area (Å²) in [4.78, 5) is 23.1. The predicted molar refractivity (Wildman–Crippen MR) is 81.4 cm³/mol. The van der Waals surface area contributed by atoms with Crippen molar-refractivity contribution in [3.63, 3.8) is 0 Å². The van der Waals surface area contributed by atoms with Crippen molar-refractivity contribution in [3.05, 3.63) is 35.4 Å². The second kappa shape index (κ2) is 6.72. The Morgan fingerprint density at radius 3 is 2.57 bits per heavy atom. The van der Waals surface area contributed by atoms with E-state index in [2.05, 4.69) is 5.32 Å². The molecule has 21 heavy (non-hydrogen) atoms. The van der Waals surface area contributed by atoms with Crippen LogP contribution in [0.2, 0.25) is 0 Å². The fourth-order valence-electron chi connectivity index (χ4n) is 2.85. The Hall–Kier alpha value is -1.88. The molecule has 5 N–H and O–H groups in total. The zero-order valence-corrected chi connectivity index (χ0v) is 12.2. The first-order chi connectivity index (χ1) is 9.98. The summed E-state index contributed by atoms with van der Waals surface area (Å²) in [5.41, 5.74) is 12.5. The first-order valence-electron chi connectivity index (χ1n) is 7.43. The summed E-state index contributed by atoms with van der Waals surface area (Å²) in [5.74, 6) is -0.504. The minimum Gasteiger partial charge on any atom is -0.366 e. The molecule has 1 aromatic carbocycles. The van der Waals surface area contributed by atoms with Crippen LogP contribution in [0.25, 0.3) is 0 Å². The van der Waals surface area contributed by atoms with Crippen LogP contribution < -0.4 is 16.8 Å². The Morgan fingerprint density at radius 2 is 1.90 bits per heavy atom. The van der Waals surface area contributed by atoms with Crippen LogP contribution in [0.3, 0.4) is 0 Å². The molecule has 0 atom stereocenters. The maximum atomic E-state index is 12.0. The van der Waals surface area contributed by atoms with Gasteiger partial charge in [-0.2, -0.15) is 0 Å². The van der Waals surface area contributed by atoms with Gasteiger partial charge in [0.15, 0.2) is 0 Å². The number of primary amides is 1. The first-order valence-corrected chi connectivity index (χ1v) is 7.43. The lowest BCUT2D eigenvalue weighted by Gasteiger charge is -2.32. The van der Waals surface area contributed by atoms with E-state index in [1.807, 2.05) is 6.07 Å². The van der Waals surface area contributed by atoms with E-state index >= 15 is 0 Å². The summed E-state index contributed by atoms with van der Waals surface area (Å²) in [6, 6.07) is 6.96. The third-order valence-corrected chi connectivity index (χ3v) is 4.06. The maximum absolute atomic E-state index is 12.0. The van der Waals surface area contributed by atoms with Gasteiger partial charge >= 0.3 is 0 Å². The van der Waals surface area contributed by atoms with Gasteiger partial charge in [0.25, 0.3) is 0 Å². The number of nitrogens with one attached hydrogen (secondary N) is 1. The molecular weight excluding hydrogens is 266 g/mol. The molecule has 0 spiro atoms. The monoisotopic (exact) mass is 289 g/mol.